The Kier molecular flexibility index (Phi) is 3.47. The Balaban J connectivity index is 2.10. The molecule has 0 spiro atoms. The second-order valence-electron chi connectivity index (χ2n) is 4.63. The first-order valence-electron chi connectivity index (χ1n) is 6.21. The molecule has 106 valence electrons. The van der Waals surface area contributed by atoms with Crippen LogP contribution in [0.2, 0.25) is 0 Å². The standard InChI is InChI=1S/C15H11BrFN3O/c1-8-4-10-13(6-14(8)21)18-7-19-15(10)20-12-3-2-9(16)5-11(12)17/h2-7,21H,1H3,(H,18,19,20). The zero-order valence-electron chi connectivity index (χ0n) is 11.1. The van der Waals surface area contributed by atoms with Crippen LogP contribution in [-0.4, -0.2) is 15.1 Å². The van der Waals surface area contributed by atoms with E-state index in [1.165, 1.54) is 12.4 Å². The fourth-order valence-electron chi connectivity index (χ4n) is 2.02. The number of halogens is 2. The fourth-order valence-corrected chi connectivity index (χ4v) is 2.35. The summed E-state index contributed by atoms with van der Waals surface area (Å²) in [6.07, 6.45) is 1.37. The molecule has 4 nitrogen and oxygen atoms in total. The van der Waals surface area contributed by atoms with Gasteiger partial charge in [0.05, 0.1) is 11.2 Å². The van der Waals surface area contributed by atoms with Crippen LogP contribution in [0, 0.1) is 12.7 Å². The third-order valence-corrected chi connectivity index (χ3v) is 3.63. The highest BCUT2D eigenvalue weighted by atomic mass is 79.9. The van der Waals surface area contributed by atoms with Crippen molar-refractivity contribution in [3.63, 3.8) is 0 Å². The van der Waals surface area contributed by atoms with Gasteiger partial charge in [-0.05, 0) is 36.8 Å². The molecule has 0 amide bonds. The lowest BCUT2D eigenvalue weighted by molar-refractivity contribution is 0.472. The summed E-state index contributed by atoms with van der Waals surface area (Å²) in [5, 5.41) is 13.4. The van der Waals surface area contributed by atoms with Crippen molar-refractivity contribution in [3.05, 3.63) is 52.5 Å². The molecule has 2 N–H and O–H groups in total. The number of aryl methyl sites for hydroxylation is 1. The van der Waals surface area contributed by atoms with E-state index < -0.39 is 0 Å². The first kappa shape index (κ1) is 13.8. The number of hydrogen-bond donors (Lipinski definition) is 2. The number of nitrogens with one attached hydrogen (secondary N) is 1. The van der Waals surface area contributed by atoms with Crippen molar-refractivity contribution >= 4 is 38.3 Å². The van der Waals surface area contributed by atoms with Crippen LogP contribution in [0.15, 0.2) is 41.1 Å². The highest BCUT2D eigenvalue weighted by Crippen LogP contribution is 2.29. The van der Waals surface area contributed by atoms with Crippen LogP contribution in [0.1, 0.15) is 5.56 Å². The fraction of sp³-hybridized carbons (Fsp3) is 0.0667. The molecule has 0 atom stereocenters. The molecule has 0 aliphatic heterocycles. The number of nitrogens with zero attached hydrogens (tertiary/aromatic N) is 2. The van der Waals surface area contributed by atoms with Gasteiger partial charge in [0.1, 0.15) is 23.7 Å². The minimum absolute atomic E-state index is 0.168. The van der Waals surface area contributed by atoms with Crippen LogP contribution in [0.5, 0.6) is 5.75 Å². The molecule has 0 aliphatic carbocycles. The van der Waals surface area contributed by atoms with Crippen LogP contribution in [0.3, 0.4) is 0 Å². The van der Waals surface area contributed by atoms with Gasteiger partial charge < -0.3 is 10.4 Å². The van der Waals surface area contributed by atoms with Gasteiger partial charge in [0.2, 0.25) is 0 Å². The summed E-state index contributed by atoms with van der Waals surface area (Å²) in [5.74, 6) is 0.276. The quantitative estimate of drug-likeness (QED) is 0.725. The van der Waals surface area contributed by atoms with Crippen molar-refractivity contribution in [1.29, 1.82) is 0 Å². The first-order chi connectivity index (χ1) is 10.0. The van der Waals surface area contributed by atoms with E-state index in [2.05, 4.69) is 31.2 Å². The van der Waals surface area contributed by atoms with E-state index in [-0.39, 0.29) is 11.6 Å². The van der Waals surface area contributed by atoms with Crippen molar-refractivity contribution < 1.29 is 9.50 Å². The molecule has 6 heteroatoms. The van der Waals surface area contributed by atoms with E-state index in [1.54, 1.807) is 31.2 Å². The maximum absolute atomic E-state index is 13.9. The van der Waals surface area contributed by atoms with Gasteiger partial charge >= 0.3 is 0 Å². The number of phenolic OH excluding ortho intramolecular Hbond substituents is 1. The summed E-state index contributed by atoms with van der Waals surface area (Å²) < 4.78 is 14.6. The predicted molar refractivity (Wildman–Crippen MR) is 83.3 cm³/mol. The van der Waals surface area contributed by atoms with Crippen LogP contribution in [-0.2, 0) is 0 Å². The molecule has 21 heavy (non-hydrogen) atoms. The number of hydrogen-bond acceptors (Lipinski definition) is 4. The number of anilines is 2. The predicted octanol–water partition coefficient (Wildman–Crippen LogP) is 4.29. The van der Waals surface area contributed by atoms with Gasteiger partial charge in [-0.25, -0.2) is 14.4 Å². The Bertz CT molecular complexity index is 839. The van der Waals surface area contributed by atoms with Crippen LogP contribution < -0.4 is 5.32 Å². The zero-order valence-corrected chi connectivity index (χ0v) is 12.6. The highest BCUT2D eigenvalue weighted by molar-refractivity contribution is 9.10. The van der Waals surface area contributed by atoms with Crippen molar-refractivity contribution in [2.45, 2.75) is 6.92 Å². The monoisotopic (exact) mass is 347 g/mol. The van der Waals surface area contributed by atoms with Gasteiger partial charge in [0, 0.05) is 15.9 Å². The van der Waals surface area contributed by atoms with Crippen molar-refractivity contribution in [2.24, 2.45) is 0 Å². The third-order valence-electron chi connectivity index (χ3n) is 3.14. The largest absolute Gasteiger partial charge is 0.508 e. The van der Waals surface area contributed by atoms with E-state index in [9.17, 15) is 9.50 Å². The smallest absolute Gasteiger partial charge is 0.147 e. The number of phenols is 1. The van der Waals surface area contributed by atoms with E-state index in [0.29, 0.717) is 27.1 Å². The Hall–Kier alpha value is -2.21. The van der Waals surface area contributed by atoms with Crippen molar-refractivity contribution in [1.82, 2.24) is 9.97 Å². The van der Waals surface area contributed by atoms with E-state index in [4.69, 9.17) is 0 Å². The molecule has 0 fully saturated rings. The second kappa shape index (κ2) is 5.29. The minimum Gasteiger partial charge on any atom is -0.508 e. The summed E-state index contributed by atoms with van der Waals surface area (Å²) in [4.78, 5) is 8.26. The second-order valence-corrected chi connectivity index (χ2v) is 5.54. The number of rotatable bonds is 2. The molecule has 2 aromatic carbocycles. The van der Waals surface area contributed by atoms with E-state index in [1.807, 2.05) is 0 Å². The number of aromatic nitrogens is 2. The summed E-state index contributed by atoms with van der Waals surface area (Å²) in [7, 11) is 0. The minimum atomic E-state index is -0.383. The lowest BCUT2D eigenvalue weighted by atomic mass is 10.1. The lowest BCUT2D eigenvalue weighted by Crippen LogP contribution is -1.98. The number of aromatic hydroxyl groups is 1. The van der Waals surface area contributed by atoms with Gasteiger partial charge in [-0.1, -0.05) is 15.9 Å². The first-order valence-corrected chi connectivity index (χ1v) is 7.00. The molecule has 3 rings (SSSR count). The van der Waals surface area contributed by atoms with Crippen LogP contribution in [0.4, 0.5) is 15.9 Å². The molecular formula is C15H11BrFN3O. The molecule has 1 heterocycles. The summed E-state index contributed by atoms with van der Waals surface area (Å²) in [5.41, 5.74) is 1.62. The Labute approximate surface area is 128 Å². The highest BCUT2D eigenvalue weighted by Gasteiger charge is 2.09. The van der Waals surface area contributed by atoms with Gasteiger partial charge in [-0.3, -0.25) is 0 Å². The molecule has 0 radical (unpaired) electrons. The summed E-state index contributed by atoms with van der Waals surface area (Å²) >= 11 is 3.22. The lowest BCUT2D eigenvalue weighted by Gasteiger charge is -2.10. The molecule has 0 bridgehead atoms. The van der Waals surface area contributed by atoms with Gasteiger partial charge in [-0.2, -0.15) is 0 Å². The average Bonchev–Trinajstić information content (AvgIpc) is 2.44. The third kappa shape index (κ3) is 2.67. The van der Waals surface area contributed by atoms with Crippen LogP contribution in [0.25, 0.3) is 10.9 Å². The summed E-state index contributed by atoms with van der Waals surface area (Å²) in [6, 6.07) is 8.08. The van der Waals surface area contributed by atoms with Crippen LogP contribution >= 0.6 is 15.9 Å². The average molecular weight is 348 g/mol. The summed E-state index contributed by atoms with van der Waals surface area (Å²) in [6.45, 7) is 1.78. The molecule has 0 unspecified atom stereocenters. The SMILES string of the molecule is Cc1cc2c(Nc3ccc(Br)cc3F)ncnc2cc1O. The van der Waals surface area contributed by atoms with Gasteiger partial charge in [0.15, 0.2) is 0 Å². The van der Waals surface area contributed by atoms with Gasteiger partial charge in [0.25, 0.3) is 0 Å². The molecule has 3 aromatic rings. The maximum atomic E-state index is 13.9. The molecule has 0 saturated heterocycles. The van der Waals surface area contributed by atoms with Crippen molar-refractivity contribution in [3.8, 4) is 5.75 Å². The van der Waals surface area contributed by atoms with E-state index in [0.717, 1.165) is 5.39 Å². The molecular weight excluding hydrogens is 337 g/mol. The number of fused-ring (bicyclic) bond motifs is 1. The normalized spacial score (nSPS) is 10.8. The molecule has 0 saturated carbocycles. The van der Waals surface area contributed by atoms with E-state index >= 15 is 0 Å². The number of benzene rings is 2. The topological polar surface area (TPSA) is 58.0 Å². The Morgan fingerprint density at radius 2 is 2.00 bits per heavy atom. The Morgan fingerprint density at radius 1 is 1.19 bits per heavy atom. The molecule has 1 aromatic heterocycles. The zero-order chi connectivity index (χ0) is 15.0. The van der Waals surface area contributed by atoms with Gasteiger partial charge in [-0.15, -0.1) is 0 Å². The molecule has 0 aliphatic rings. The maximum Gasteiger partial charge on any atom is 0.147 e. The Morgan fingerprint density at radius 3 is 2.76 bits per heavy atom. The van der Waals surface area contributed by atoms with Crippen molar-refractivity contribution in [2.75, 3.05) is 5.32 Å².